The zero-order valence-electron chi connectivity index (χ0n) is 21.9. The molecule has 2 aromatic heterocycles. The number of hydrogen-bond donors (Lipinski definition) is 0. The second-order valence-corrected chi connectivity index (χ2v) is 10.7. The van der Waals surface area contributed by atoms with E-state index in [1.165, 1.54) is 12.1 Å². The number of aromatic nitrogens is 2. The van der Waals surface area contributed by atoms with Crippen molar-refractivity contribution >= 4 is 5.78 Å². The Morgan fingerprint density at radius 3 is 2.63 bits per heavy atom. The third-order valence-electron chi connectivity index (χ3n) is 8.41. The summed E-state index contributed by atoms with van der Waals surface area (Å²) in [5.74, 6) is 0.932. The number of furan rings is 1. The molecule has 0 bridgehead atoms. The molecule has 6 rings (SSSR count). The first-order valence-electron chi connectivity index (χ1n) is 12.9. The average Bonchev–Trinajstić information content (AvgIpc) is 3.46. The highest BCUT2D eigenvalue weighted by molar-refractivity contribution is 6.00. The molecule has 0 amide bonds. The van der Waals surface area contributed by atoms with E-state index in [4.69, 9.17) is 16.0 Å². The standard InChI is InChI=1S/C32H28FN3O2/c1-18-17-38-20(3)28(18)21-8-6-9-22(14-21)31-35-30-27(36(31)24-11-7-10-23(33)15-24)13-12-25-19(2)29(37)26(34-5)16-32(25,30)4/h6-11,14-17,19,25H,12-13H2,1-4H3/t19-,25-,32-/m1/s1. The van der Waals surface area contributed by atoms with Gasteiger partial charge < -0.3 is 9.21 Å². The number of carbonyl (C=O) groups is 1. The lowest BCUT2D eigenvalue weighted by Gasteiger charge is -2.44. The predicted molar refractivity (Wildman–Crippen MR) is 144 cm³/mol. The van der Waals surface area contributed by atoms with Gasteiger partial charge in [-0.05, 0) is 68.0 Å². The van der Waals surface area contributed by atoms with E-state index in [2.05, 4.69) is 28.5 Å². The van der Waals surface area contributed by atoms with Crippen molar-refractivity contribution in [1.29, 1.82) is 0 Å². The Labute approximate surface area is 221 Å². The molecule has 3 atom stereocenters. The maximum absolute atomic E-state index is 14.5. The molecule has 5 nitrogen and oxygen atoms in total. The Morgan fingerprint density at radius 2 is 1.92 bits per heavy atom. The van der Waals surface area contributed by atoms with E-state index in [1.807, 2.05) is 45.0 Å². The molecule has 0 N–H and O–H groups in total. The number of carbonyl (C=O) groups excluding carboxylic acids is 1. The Balaban J connectivity index is 1.62. The van der Waals surface area contributed by atoms with Crippen LogP contribution in [0.1, 0.15) is 43.0 Å². The summed E-state index contributed by atoms with van der Waals surface area (Å²) in [6.07, 6.45) is 5.08. The molecule has 4 aromatic rings. The van der Waals surface area contributed by atoms with Gasteiger partial charge in [-0.15, -0.1) is 0 Å². The van der Waals surface area contributed by atoms with Crippen molar-refractivity contribution in [3.05, 3.63) is 107 Å². The number of ketones is 1. The van der Waals surface area contributed by atoms with E-state index in [1.54, 1.807) is 12.3 Å². The second-order valence-electron chi connectivity index (χ2n) is 10.7. The zero-order valence-corrected chi connectivity index (χ0v) is 21.9. The number of imidazole rings is 1. The Kier molecular flexibility index (Phi) is 5.50. The van der Waals surface area contributed by atoms with Crippen LogP contribution < -0.4 is 0 Å². The topological polar surface area (TPSA) is 52.4 Å². The van der Waals surface area contributed by atoms with Gasteiger partial charge in [0, 0.05) is 28.2 Å². The molecule has 0 aliphatic heterocycles. The molecule has 0 unspecified atom stereocenters. The highest BCUT2D eigenvalue weighted by Crippen LogP contribution is 2.51. The monoisotopic (exact) mass is 505 g/mol. The number of aryl methyl sites for hydroxylation is 2. The maximum atomic E-state index is 14.5. The summed E-state index contributed by atoms with van der Waals surface area (Å²) in [5, 5.41) is 0. The van der Waals surface area contributed by atoms with Crippen molar-refractivity contribution in [2.75, 3.05) is 0 Å². The fourth-order valence-electron chi connectivity index (χ4n) is 6.59. The SMILES string of the molecule is [C-]#[N+]C1=C[C@@]2(C)c3nc(-c4cccc(-c5c(C)coc5C)c4)n(-c4cccc(F)c4)c3CC[C@@H]2[C@@H](C)C1=O. The van der Waals surface area contributed by atoms with Gasteiger partial charge in [0.15, 0.2) is 5.78 Å². The van der Waals surface area contributed by atoms with E-state index in [-0.39, 0.29) is 29.1 Å². The molecule has 0 saturated carbocycles. The number of Topliss-reactive ketones (excluding diaryl/α,β-unsaturated/α-hetero) is 1. The minimum absolute atomic E-state index is 0.0410. The smallest absolute Gasteiger partial charge is 0.226 e. The highest BCUT2D eigenvalue weighted by atomic mass is 19.1. The molecule has 2 aliphatic carbocycles. The van der Waals surface area contributed by atoms with Crippen molar-refractivity contribution in [3.8, 4) is 28.2 Å². The highest BCUT2D eigenvalue weighted by Gasteiger charge is 2.50. The Hall–Kier alpha value is -4.24. The first kappa shape index (κ1) is 24.1. The minimum Gasteiger partial charge on any atom is -0.469 e. The van der Waals surface area contributed by atoms with Crippen LogP contribution in [-0.2, 0) is 16.6 Å². The van der Waals surface area contributed by atoms with Crippen LogP contribution in [0.3, 0.4) is 0 Å². The number of benzene rings is 2. The normalized spacial score (nSPS) is 22.4. The lowest BCUT2D eigenvalue weighted by Crippen LogP contribution is -2.45. The van der Waals surface area contributed by atoms with Gasteiger partial charge >= 0.3 is 0 Å². The van der Waals surface area contributed by atoms with Crippen molar-refractivity contribution in [2.45, 2.75) is 46.0 Å². The molecule has 6 heteroatoms. The quantitative estimate of drug-likeness (QED) is 0.273. The van der Waals surface area contributed by atoms with E-state index in [9.17, 15) is 9.18 Å². The van der Waals surface area contributed by atoms with Gasteiger partial charge in [0.2, 0.25) is 5.70 Å². The average molecular weight is 506 g/mol. The van der Waals surface area contributed by atoms with Gasteiger partial charge in [-0.1, -0.05) is 44.2 Å². The molecule has 0 radical (unpaired) electrons. The van der Waals surface area contributed by atoms with Crippen LogP contribution >= 0.6 is 0 Å². The molecular formula is C32H28FN3O2. The van der Waals surface area contributed by atoms with Crippen LogP contribution in [0.5, 0.6) is 0 Å². The molecule has 0 spiro atoms. The van der Waals surface area contributed by atoms with Crippen LogP contribution in [0.4, 0.5) is 4.39 Å². The lowest BCUT2D eigenvalue weighted by molar-refractivity contribution is -0.121. The summed E-state index contributed by atoms with van der Waals surface area (Å²) in [4.78, 5) is 21.7. The van der Waals surface area contributed by atoms with Crippen molar-refractivity contribution in [2.24, 2.45) is 11.8 Å². The number of rotatable bonds is 3. The number of hydrogen-bond acceptors (Lipinski definition) is 3. The second kappa shape index (κ2) is 8.66. The van der Waals surface area contributed by atoms with Crippen LogP contribution in [0.25, 0.3) is 33.0 Å². The molecule has 38 heavy (non-hydrogen) atoms. The summed E-state index contributed by atoms with van der Waals surface area (Å²) in [6.45, 7) is 15.6. The van der Waals surface area contributed by atoms with Crippen LogP contribution in [0.15, 0.2) is 71.0 Å². The number of nitrogens with zero attached hydrogens (tertiary/aromatic N) is 3. The van der Waals surface area contributed by atoms with Crippen molar-refractivity contribution in [3.63, 3.8) is 0 Å². The van der Waals surface area contributed by atoms with Gasteiger partial charge in [-0.3, -0.25) is 4.57 Å². The lowest BCUT2D eigenvalue weighted by atomic mass is 9.59. The number of allylic oxidation sites excluding steroid dienone is 2. The maximum Gasteiger partial charge on any atom is 0.226 e. The predicted octanol–water partition coefficient (Wildman–Crippen LogP) is 7.40. The van der Waals surface area contributed by atoms with Crippen molar-refractivity contribution in [1.82, 2.24) is 9.55 Å². The Morgan fingerprint density at radius 1 is 1.16 bits per heavy atom. The summed E-state index contributed by atoms with van der Waals surface area (Å²) in [7, 11) is 0. The summed E-state index contributed by atoms with van der Waals surface area (Å²) in [6, 6.07) is 14.7. The van der Waals surface area contributed by atoms with E-state index in [0.29, 0.717) is 17.9 Å². The molecule has 2 aromatic carbocycles. The third kappa shape index (κ3) is 3.49. The molecule has 190 valence electrons. The summed E-state index contributed by atoms with van der Waals surface area (Å²) < 4.78 is 22.2. The zero-order chi connectivity index (χ0) is 26.8. The first-order chi connectivity index (χ1) is 18.2. The molecule has 0 fully saturated rings. The van der Waals surface area contributed by atoms with Gasteiger partial charge in [-0.25, -0.2) is 14.2 Å². The van der Waals surface area contributed by atoms with Crippen LogP contribution in [0, 0.1) is 38.1 Å². The first-order valence-corrected chi connectivity index (χ1v) is 12.9. The van der Waals surface area contributed by atoms with E-state index in [0.717, 1.165) is 45.8 Å². The molecule has 0 saturated heterocycles. The number of halogens is 1. The van der Waals surface area contributed by atoms with Gasteiger partial charge in [-0.2, -0.15) is 0 Å². The van der Waals surface area contributed by atoms with Crippen molar-refractivity contribution < 1.29 is 13.6 Å². The molecular weight excluding hydrogens is 477 g/mol. The van der Waals surface area contributed by atoms with Crippen LogP contribution in [0.2, 0.25) is 0 Å². The van der Waals surface area contributed by atoms with Gasteiger partial charge in [0.05, 0.1) is 24.2 Å². The van der Waals surface area contributed by atoms with Gasteiger partial charge in [0.25, 0.3) is 0 Å². The molecule has 2 heterocycles. The summed E-state index contributed by atoms with van der Waals surface area (Å²) >= 11 is 0. The van der Waals surface area contributed by atoms with E-state index < -0.39 is 5.41 Å². The largest absolute Gasteiger partial charge is 0.469 e. The third-order valence-corrected chi connectivity index (χ3v) is 8.41. The molecule has 2 aliphatic rings. The number of fused-ring (bicyclic) bond motifs is 3. The fourth-order valence-corrected chi connectivity index (χ4v) is 6.59. The van der Waals surface area contributed by atoms with Crippen LogP contribution in [-0.4, -0.2) is 15.3 Å². The minimum atomic E-state index is -0.580. The van der Waals surface area contributed by atoms with E-state index >= 15 is 0 Å². The fraction of sp³-hybridized carbons (Fsp3) is 0.281. The van der Waals surface area contributed by atoms with Gasteiger partial charge in [0.1, 0.15) is 17.4 Å². The Bertz CT molecular complexity index is 1670. The summed E-state index contributed by atoms with van der Waals surface area (Å²) in [5.41, 5.74) is 6.18.